The minimum Gasteiger partial charge on any atom is -0.493 e. The summed E-state index contributed by atoms with van der Waals surface area (Å²) in [5, 5.41) is 31.2. The molecule has 0 spiro atoms. The second-order valence-corrected chi connectivity index (χ2v) is 15.6. The smallest absolute Gasteiger partial charge is 0.330 e. The van der Waals surface area contributed by atoms with Crippen LogP contribution in [0.4, 0.5) is 0 Å². The van der Waals surface area contributed by atoms with Gasteiger partial charge in [-0.1, -0.05) is 26.8 Å². The number of esters is 2. The highest BCUT2D eigenvalue weighted by molar-refractivity contribution is 5.87. The van der Waals surface area contributed by atoms with Gasteiger partial charge in [0, 0.05) is 12.5 Å². The van der Waals surface area contributed by atoms with Crippen LogP contribution in [0.2, 0.25) is 0 Å². The van der Waals surface area contributed by atoms with E-state index in [4.69, 9.17) is 14.2 Å². The van der Waals surface area contributed by atoms with E-state index in [0.717, 1.165) is 57.8 Å². The van der Waals surface area contributed by atoms with E-state index >= 15 is 0 Å². The molecule has 4 aliphatic rings. The number of nitrogens with zero attached hydrogens (tertiary/aromatic N) is 1. The van der Waals surface area contributed by atoms with Crippen LogP contribution in [0, 0.1) is 56.5 Å². The highest BCUT2D eigenvalue weighted by Gasteiger charge is 2.62. The Labute approximate surface area is 289 Å². The quantitative estimate of drug-likeness (QED) is 0.0550. The van der Waals surface area contributed by atoms with Crippen LogP contribution in [0.1, 0.15) is 103 Å². The van der Waals surface area contributed by atoms with Gasteiger partial charge in [0.25, 0.3) is 5.09 Å². The number of hydrogen-bond acceptors (Lipinski definition) is 10. The molecule has 0 heterocycles. The molecule has 0 aliphatic heterocycles. The van der Waals surface area contributed by atoms with Crippen molar-refractivity contribution in [3.63, 3.8) is 0 Å². The van der Waals surface area contributed by atoms with Gasteiger partial charge in [-0.05, 0) is 141 Å². The third-order valence-electron chi connectivity index (χ3n) is 13.0. The molecule has 4 saturated carbocycles. The van der Waals surface area contributed by atoms with Crippen molar-refractivity contribution < 1.29 is 43.9 Å². The summed E-state index contributed by atoms with van der Waals surface area (Å²) in [7, 11) is 1.49. The van der Waals surface area contributed by atoms with E-state index in [1.807, 2.05) is 0 Å². The standard InChI is InChI=1S/C38H55NO10/c1-24(28-10-11-29-36-30(16-18-38(28,29)3)37(2)17-15-27(40)22-26(37)23-31(36)41)7-13-35(43)49-32-12-8-25(21-33(32)46-4)9-14-34(42)47-19-5-6-20-48-39(44)45/h8-9,12,14,21,24,26-31,36,40-41H,5-7,10-11,13,15-20,22-23H2,1-4H3/b14-9+/t24-,26?,27-,28-,29?,30?,31-,36?,37?,38?/m1/s1. The summed E-state index contributed by atoms with van der Waals surface area (Å²) in [6.45, 7) is 7.24. The molecule has 10 atom stereocenters. The summed E-state index contributed by atoms with van der Waals surface area (Å²) < 4.78 is 16.3. The Morgan fingerprint density at radius 2 is 1.76 bits per heavy atom. The van der Waals surface area contributed by atoms with E-state index in [1.54, 1.807) is 24.3 Å². The summed E-state index contributed by atoms with van der Waals surface area (Å²) in [6, 6.07) is 5.05. The van der Waals surface area contributed by atoms with Crippen LogP contribution in [0.3, 0.4) is 0 Å². The van der Waals surface area contributed by atoms with E-state index in [9.17, 15) is 29.9 Å². The molecule has 1 aromatic rings. The van der Waals surface area contributed by atoms with Crippen molar-refractivity contribution in [2.75, 3.05) is 20.3 Å². The third kappa shape index (κ3) is 8.25. The molecule has 2 N–H and O–H groups in total. The number of aliphatic hydroxyl groups excluding tert-OH is 2. The molecule has 0 amide bonds. The lowest BCUT2D eigenvalue weighted by Gasteiger charge is -2.62. The Bertz CT molecular complexity index is 1370. The van der Waals surface area contributed by atoms with Crippen molar-refractivity contribution in [1.29, 1.82) is 0 Å². The fourth-order valence-electron chi connectivity index (χ4n) is 10.5. The van der Waals surface area contributed by atoms with Crippen LogP contribution < -0.4 is 9.47 Å². The van der Waals surface area contributed by atoms with Crippen molar-refractivity contribution in [3.8, 4) is 11.5 Å². The third-order valence-corrected chi connectivity index (χ3v) is 13.0. The molecule has 0 saturated heterocycles. The van der Waals surface area contributed by atoms with Crippen LogP contribution in [0.5, 0.6) is 11.5 Å². The number of rotatable bonds is 14. The van der Waals surface area contributed by atoms with Crippen molar-refractivity contribution in [3.05, 3.63) is 40.0 Å². The molecule has 1 aromatic carbocycles. The van der Waals surface area contributed by atoms with E-state index in [0.29, 0.717) is 71.8 Å². The molecule has 6 unspecified atom stereocenters. The number of fused-ring (bicyclic) bond motifs is 5. The van der Waals surface area contributed by atoms with Gasteiger partial charge < -0.3 is 29.3 Å². The zero-order chi connectivity index (χ0) is 35.3. The van der Waals surface area contributed by atoms with E-state index in [-0.39, 0.29) is 42.2 Å². The first-order valence-electron chi connectivity index (χ1n) is 18.2. The molecule has 5 rings (SSSR count). The number of carbonyl (C=O) groups is 2. The first-order valence-corrected chi connectivity index (χ1v) is 18.2. The molecular weight excluding hydrogens is 630 g/mol. The Kier molecular flexibility index (Phi) is 12.0. The first-order chi connectivity index (χ1) is 23.4. The maximum Gasteiger partial charge on any atom is 0.330 e. The Morgan fingerprint density at radius 1 is 1.02 bits per heavy atom. The molecule has 4 fully saturated rings. The number of ether oxygens (including phenoxy) is 3. The molecule has 0 bridgehead atoms. The van der Waals surface area contributed by atoms with E-state index in [1.165, 1.54) is 13.2 Å². The molecule has 49 heavy (non-hydrogen) atoms. The van der Waals surface area contributed by atoms with Gasteiger partial charge in [0.05, 0.1) is 32.5 Å². The van der Waals surface area contributed by atoms with Crippen LogP contribution in [0.25, 0.3) is 6.08 Å². The molecular formula is C38H55NO10. The van der Waals surface area contributed by atoms with Crippen LogP contribution >= 0.6 is 0 Å². The zero-order valence-electron chi connectivity index (χ0n) is 29.5. The SMILES string of the molecule is COc1cc(/C=C/C(=O)OCCCCO[N+](=O)[O-])ccc1OC(=O)CC[C@@H](C)[C@H]1CCC2C3C(CCC21C)C1(C)CC[C@@H](O)CC1C[C@H]3O. The molecule has 0 radical (unpaired) electrons. The lowest BCUT2D eigenvalue weighted by atomic mass is 9.43. The van der Waals surface area contributed by atoms with Gasteiger partial charge in [0.15, 0.2) is 11.5 Å². The average molecular weight is 686 g/mol. The largest absolute Gasteiger partial charge is 0.493 e. The Hall–Kier alpha value is -3.18. The molecule has 272 valence electrons. The predicted octanol–water partition coefficient (Wildman–Crippen LogP) is 6.55. The fourth-order valence-corrected chi connectivity index (χ4v) is 10.5. The van der Waals surface area contributed by atoms with Crippen LogP contribution in [-0.4, -0.2) is 59.8 Å². The van der Waals surface area contributed by atoms with Gasteiger partial charge in [-0.3, -0.25) is 4.79 Å². The number of benzene rings is 1. The number of aliphatic hydroxyl groups is 2. The minimum atomic E-state index is -0.853. The van der Waals surface area contributed by atoms with Crippen LogP contribution in [0.15, 0.2) is 24.3 Å². The van der Waals surface area contributed by atoms with Crippen molar-refractivity contribution >= 4 is 18.0 Å². The van der Waals surface area contributed by atoms with Gasteiger partial charge in [0.1, 0.15) is 0 Å². The highest BCUT2D eigenvalue weighted by atomic mass is 16.9. The molecule has 11 heteroatoms. The number of carbonyl (C=O) groups excluding carboxylic acids is 2. The summed E-state index contributed by atoms with van der Waals surface area (Å²) >= 11 is 0. The van der Waals surface area contributed by atoms with Gasteiger partial charge >= 0.3 is 11.9 Å². The van der Waals surface area contributed by atoms with Gasteiger partial charge in [0.2, 0.25) is 0 Å². The van der Waals surface area contributed by atoms with Gasteiger partial charge in [-0.15, -0.1) is 10.1 Å². The summed E-state index contributed by atoms with van der Waals surface area (Å²) in [6.07, 6.45) is 12.3. The van der Waals surface area contributed by atoms with Crippen LogP contribution in [-0.2, 0) is 19.2 Å². The van der Waals surface area contributed by atoms with Gasteiger partial charge in [-0.25, -0.2) is 4.79 Å². The number of unbranched alkanes of at least 4 members (excludes halogenated alkanes) is 1. The topological polar surface area (TPSA) is 155 Å². The molecule has 4 aliphatic carbocycles. The highest BCUT2D eigenvalue weighted by Crippen LogP contribution is 2.68. The molecule has 0 aromatic heterocycles. The summed E-state index contributed by atoms with van der Waals surface area (Å²) in [4.78, 5) is 39.4. The summed E-state index contributed by atoms with van der Waals surface area (Å²) in [5.41, 5.74) is 1.02. The minimum absolute atomic E-state index is 0.0447. The van der Waals surface area contributed by atoms with Gasteiger partial charge in [-0.2, -0.15) is 0 Å². The number of hydrogen-bond donors (Lipinski definition) is 2. The lowest BCUT2D eigenvalue weighted by molar-refractivity contribution is -0.757. The Balaban J connectivity index is 1.11. The first kappa shape index (κ1) is 37.1. The maximum absolute atomic E-state index is 13.0. The average Bonchev–Trinajstić information content (AvgIpc) is 3.42. The van der Waals surface area contributed by atoms with E-state index in [2.05, 4.69) is 25.6 Å². The second kappa shape index (κ2) is 15.8. The predicted molar refractivity (Wildman–Crippen MR) is 182 cm³/mol. The normalized spacial score (nSPS) is 34.3. The van der Waals surface area contributed by atoms with Crippen molar-refractivity contribution in [1.82, 2.24) is 0 Å². The second-order valence-electron chi connectivity index (χ2n) is 15.6. The van der Waals surface area contributed by atoms with E-state index < -0.39 is 11.1 Å². The monoisotopic (exact) mass is 685 g/mol. The molecule has 11 nitrogen and oxygen atoms in total. The maximum atomic E-state index is 13.0. The fraction of sp³-hybridized carbons (Fsp3) is 0.737. The van der Waals surface area contributed by atoms with Crippen molar-refractivity contribution in [2.24, 2.45) is 46.3 Å². The van der Waals surface area contributed by atoms with Crippen molar-refractivity contribution in [2.45, 2.75) is 110 Å². The number of methoxy groups -OCH3 is 1. The lowest BCUT2D eigenvalue weighted by Crippen LogP contribution is -2.58. The zero-order valence-corrected chi connectivity index (χ0v) is 29.5. The Morgan fingerprint density at radius 3 is 2.51 bits per heavy atom. The summed E-state index contributed by atoms with van der Waals surface area (Å²) in [5.74, 6) is 2.41.